The fraction of sp³-hybridized carbons (Fsp3) is 0.294. The standard InChI is InChI=1S/C34H38/c1-21-9-13-29(25(5)17-21)33(30-14-10-22(2)18-26(30)6)34(31-15-11-23(3)19-27(31)7)32-16-12-24(4)20-28(32)8/h9-20,33-34H,1-8H3. The first-order valence-electron chi connectivity index (χ1n) is 12.4. The van der Waals surface area contributed by atoms with E-state index < -0.39 is 0 Å². The van der Waals surface area contributed by atoms with Gasteiger partial charge in [-0.25, -0.2) is 0 Å². The molecule has 0 unspecified atom stereocenters. The molecule has 0 atom stereocenters. The van der Waals surface area contributed by atoms with E-state index in [0.29, 0.717) is 0 Å². The molecule has 0 nitrogen and oxygen atoms in total. The van der Waals surface area contributed by atoms with Crippen molar-refractivity contribution in [3.8, 4) is 0 Å². The van der Waals surface area contributed by atoms with Gasteiger partial charge >= 0.3 is 0 Å². The molecular formula is C34H38. The number of rotatable bonds is 5. The Kier molecular flexibility index (Phi) is 6.80. The molecule has 0 fully saturated rings. The van der Waals surface area contributed by atoms with Crippen LogP contribution in [0.4, 0.5) is 0 Å². The Morgan fingerprint density at radius 3 is 0.706 bits per heavy atom. The molecule has 174 valence electrons. The molecule has 0 N–H and O–H groups in total. The van der Waals surface area contributed by atoms with E-state index in [2.05, 4.69) is 128 Å². The van der Waals surface area contributed by atoms with Gasteiger partial charge in [0.2, 0.25) is 0 Å². The molecule has 4 rings (SSSR count). The minimum Gasteiger partial charge on any atom is -0.0590 e. The van der Waals surface area contributed by atoms with Crippen LogP contribution >= 0.6 is 0 Å². The van der Waals surface area contributed by atoms with Crippen molar-refractivity contribution in [2.75, 3.05) is 0 Å². The van der Waals surface area contributed by atoms with Gasteiger partial charge in [0.15, 0.2) is 0 Å². The van der Waals surface area contributed by atoms with Gasteiger partial charge in [0.1, 0.15) is 0 Å². The fourth-order valence-electron chi connectivity index (χ4n) is 5.75. The summed E-state index contributed by atoms with van der Waals surface area (Å²) < 4.78 is 0. The second-order valence-electron chi connectivity index (χ2n) is 10.4. The third kappa shape index (κ3) is 4.73. The van der Waals surface area contributed by atoms with Crippen molar-refractivity contribution < 1.29 is 0 Å². The number of hydrogen-bond donors (Lipinski definition) is 0. The van der Waals surface area contributed by atoms with Crippen molar-refractivity contribution in [3.63, 3.8) is 0 Å². The minimum atomic E-state index is 0.226. The van der Waals surface area contributed by atoms with Crippen molar-refractivity contribution in [3.05, 3.63) is 140 Å². The topological polar surface area (TPSA) is 0 Å². The Balaban J connectivity index is 2.09. The van der Waals surface area contributed by atoms with Gasteiger partial charge in [0.25, 0.3) is 0 Å². The SMILES string of the molecule is Cc1ccc(C(c2ccc(C)cc2C)C(c2ccc(C)cc2C)c2ccc(C)cc2C)c(C)c1. The maximum absolute atomic E-state index is 2.37. The molecule has 0 bridgehead atoms. The molecule has 4 aromatic carbocycles. The minimum absolute atomic E-state index is 0.226. The monoisotopic (exact) mass is 446 g/mol. The van der Waals surface area contributed by atoms with Gasteiger partial charge in [-0.1, -0.05) is 95.1 Å². The molecule has 0 aromatic heterocycles. The van der Waals surface area contributed by atoms with Gasteiger partial charge < -0.3 is 0 Å². The molecule has 0 amide bonds. The molecule has 0 heteroatoms. The molecule has 0 aliphatic heterocycles. The first-order chi connectivity index (χ1) is 16.2. The molecule has 0 spiro atoms. The molecular weight excluding hydrogens is 408 g/mol. The predicted octanol–water partition coefficient (Wildman–Crippen LogP) is 9.12. The zero-order valence-electron chi connectivity index (χ0n) is 22.1. The van der Waals surface area contributed by atoms with Crippen LogP contribution in [0.2, 0.25) is 0 Å². The van der Waals surface area contributed by atoms with Gasteiger partial charge in [-0.05, 0) is 99.9 Å². The van der Waals surface area contributed by atoms with E-state index >= 15 is 0 Å². The number of benzene rings is 4. The highest BCUT2D eigenvalue weighted by Gasteiger charge is 2.32. The van der Waals surface area contributed by atoms with E-state index in [1.165, 1.54) is 66.8 Å². The molecule has 0 radical (unpaired) electrons. The lowest BCUT2D eigenvalue weighted by atomic mass is 9.69. The van der Waals surface area contributed by atoms with Gasteiger partial charge in [0.05, 0.1) is 0 Å². The summed E-state index contributed by atoms with van der Waals surface area (Å²) in [4.78, 5) is 0. The Bertz CT molecular complexity index is 1130. The van der Waals surface area contributed by atoms with Crippen molar-refractivity contribution in [2.45, 2.75) is 67.2 Å². The van der Waals surface area contributed by atoms with Crippen molar-refractivity contribution >= 4 is 0 Å². The lowest BCUT2D eigenvalue weighted by Gasteiger charge is -2.34. The molecule has 4 aromatic rings. The summed E-state index contributed by atoms with van der Waals surface area (Å²) in [5, 5.41) is 0. The average Bonchev–Trinajstić information content (AvgIpc) is 2.75. The molecule has 0 aliphatic carbocycles. The van der Waals surface area contributed by atoms with E-state index in [1.54, 1.807) is 0 Å². The van der Waals surface area contributed by atoms with Crippen LogP contribution in [0.5, 0.6) is 0 Å². The van der Waals surface area contributed by atoms with Gasteiger partial charge in [-0.3, -0.25) is 0 Å². The Labute approximate surface area is 206 Å². The quantitative estimate of drug-likeness (QED) is 0.287. The molecule has 0 aliphatic rings. The molecule has 0 saturated heterocycles. The summed E-state index contributed by atoms with van der Waals surface area (Å²) in [7, 11) is 0. The largest absolute Gasteiger partial charge is 0.0590 e. The van der Waals surface area contributed by atoms with Gasteiger partial charge in [-0.15, -0.1) is 0 Å². The van der Waals surface area contributed by atoms with E-state index in [-0.39, 0.29) is 11.8 Å². The molecule has 34 heavy (non-hydrogen) atoms. The summed E-state index contributed by atoms with van der Waals surface area (Å²) in [6.45, 7) is 17.9. The van der Waals surface area contributed by atoms with Crippen LogP contribution in [0.25, 0.3) is 0 Å². The Hall–Kier alpha value is -3.12. The van der Waals surface area contributed by atoms with Crippen LogP contribution in [-0.4, -0.2) is 0 Å². The van der Waals surface area contributed by atoms with Crippen molar-refractivity contribution in [1.29, 1.82) is 0 Å². The van der Waals surface area contributed by atoms with Gasteiger partial charge in [0, 0.05) is 11.8 Å². The van der Waals surface area contributed by atoms with Crippen molar-refractivity contribution in [2.24, 2.45) is 0 Å². The van der Waals surface area contributed by atoms with Crippen LogP contribution in [-0.2, 0) is 0 Å². The van der Waals surface area contributed by atoms with E-state index in [1.807, 2.05) is 0 Å². The van der Waals surface area contributed by atoms with E-state index in [4.69, 9.17) is 0 Å². The summed E-state index contributed by atoms with van der Waals surface area (Å²) in [6, 6.07) is 28.0. The summed E-state index contributed by atoms with van der Waals surface area (Å²) in [5.41, 5.74) is 16.4. The zero-order valence-corrected chi connectivity index (χ0v) is 22.1. The highest BCUT2D eigenvalue weighted by molar-refractivity contribution is 5.53. The van der Waals surface area contributed by atoms with Crippen LogP contribution in [0.3, 0.4) is 0 Å². The summed E-state index contributed by atoms with van der Waals surface area (Å²) in [6.07, 6.45) is 0. The zero-order chi connectivity index (χ0) is 24.6. The smallest absolute Gasteiger partial charge is 0.0204 e. The maximum Gasteiger partial charge on any atom is 0.0204 e. The van der Waals surface area contributed by atoms with Crippen LogP contribution in [0.1, 0.15) is 78.6 Å². The third-order valence-corrected chi connectivity index (χ3v) is 7.37. The molecule has 0 heterocycles. The fourth-order valence-corrected chi connectivity index (χ4v) is 5.75. The number of hydrogen-bond acceptors (Lipinski definition) is 0. The lowest BCUT2D eigenvalue weighted by molar-refractivity contribution is 0.678. The highest BCUT2D eigenvalue weighted by atomic mass is 14.3. The second kappa shape index (κ2) is 9.63. The Morgan fingerprint density at radius 1 is 0.324 bits per heavy atom. The maximum atomic E-state index is 2.37. The van der Waals surface area contributed by atoms with Crippen molar-refractivity contribution in [1.82, 2.24) is 0 Å². The van der Waals surface area contributed by atoms with Crippen LogP contribution < -0.4 is 0 Å². The van der Waals surface area contributed by atoms with E-state index in [9.17, 15) is 0 Å². The average molecular weight is 447 g/mol. The van der Waals surface area contributed by atoms with Gasteiger partial charge in [-0.2, -0.15) is 0 Å². The second-order valence-corrected chi connectivity index (χ2v) is 10.4. The normalized spacial score (nSPS) is 11.5. The van der Waals surface area contributed by atoms with Crippen LogP contribution in [0, 0.1) is 55.4 Å². The summed E-state index contributed by atoms with van der Waals surface area (Å²) >= 11 is 0. The molecule has 0 saturated carbocycles. The predicted molar refractivity (Wildman–Crippen MR) is 147 cm³/mol. The highest BCUT2D eigenvalue weighted by Crippen LogP contribution is 2.47. The lowest BCUT2D eigenvalue weighted by Crippen LogP contribution is -2.19. The first-order valence-corrected chi connectivity index (χ1v) is 12.4. The first kappa shape index (κ1) is 24.0. The third-order valence-electron chi connectivity index (χ3n) is 7.37. The van der Waals surface area contributed by atoms with Crippen LogP contribution in [0.15, 0.2) is 72.8 Å². The van der Waals surface area contributed by atoms with E-state index in [0.717, 1.165) is 0 Å². The Morgan fingerprint density at radius 2 is 0.529 bits per heavy atom. The summed E-state index contributed by atoms with van der Waals surface area (Å²) in [5.74, 6) is 0.452. The number of aryl methyl sites for hydroxylation is 8.